The van der Waals surface area contributed by atoms with Crippen LogP contribution in [0.25, 0.3) is 0 Å². The summed E-state index contributed by atoms with van der Waals surface area (Å²) in [7, 11) is 1.72. The molecule has 0 unspecified atom stereocenters. The monoisotopic (exact) mass is 212 g/mol. The Morgan fingerprint density at radius 3 is 3.27 bits per heavy atom. The number of esters is 1. The SMILES string of the molecule is [2H]C1([2H])OC(=O)[C@@]([2H])(CC)[C@@]1([2H])Cc1cncn1C. The summed E-state index contributed by atoms with van der Waals surface area (Å²) in [6.07, 6.45) is 2.95. The van der Waals surface area contributed by atoms with E-state index in [2.05, 4.69) is 9.72 Å². The Hall–Kier alpha value is -1.32. The molecule has 0 amide bonds. The number of ether oxygens (including phenoxy) is 1. The molecule has 1 fully saturated rings. The predicted octanol–water partition coefficient (Wildman–Crippen LogP) is 1.16. The Balaban J connectivity index is 2.48. The van der Waals surface area contributed by atoms with Crippen LogP contribution < -0.4 is 0 Å². The summed E-state index contributed by atoms with van der Waals surface area (Å²) >= 11 is 0. The maximum atomic E-state index is 11.8. The Bertz CT molecular complexity index is 519. The first-order valence-corrected chi connectivity index (χ1v) is 4.86. The fourth-order valence-electron chi connectivity index (χ4n) is 1.59. The average molecular weight is 212 g/mol. The second-order valence-corrected chi connectivity index (χ2v) is 3.47. The van der Waals surface area contributed by atoms with Crippen LogP contribution >= 0.6 is 0 Å². The highest BCUT2D eigenvalue weighted by Gasteiger charge is 2.35. The standard InChI is InChI=1S/C11H16N2O2/c1-3-10-8(6-15-11(10)14)4-9-5-12-7-13(9)2/h5,7-8,10H,3-4,6H2,1-2H3/t8-,10-/m0/s1/i6D2,8D,10D. The Morgan fingerprint density at radius 2 is 2.67 bits per heavy atom. The summed E-state index contributed by atoms with van der Waals surface area (Å²) in [5.74, 6) is -4.89. The van der Waals surface area contributed by atoms with Crippen LogP contribution in [0.2, 0.25) is 0 Å². The number of aryl methyl sites for hydroxylation is 1. The lowest BCUT2D eigenvalue weighted by molar-refractivity contribution is -0.141. The summed E-state index contributed by atoms with van der Waals surface area (Å²) in [6, 6.07) is 0. The fourth-order valence-corrected chi connectivity index (χ4v) is 1.59. The van der Waals surface area contributed by atoms with Crippen LogP contribution in [0.1, 0.15) is 24.5 Å². The van der Waals surface area contributed by atoms with Gasteiger partial charge in [0.1, 0.15) is 0 Å². The molecule has 0 aliphatic carbocycles. The molecule has 4 heteroatoms. The number of aromatic nitrogens is 2. The van der Waals surface area contributed by atoms with Crippen molar-refractivity contribution in [2.45, 2.75) is 19.8 Å². The van der Waals surface area contributed by atoms with Crippen LogP contribution in [0.15, 0.2) is 12.5 Å². The van der Waals surface area contributed by atoms with Crippen LogP contribution in [0.3, 0.4) is 0 Å². The molecule has 1 aromatic heterocycles. The van der Waals surface area contributed by atoms with Gasteiger partial charge < -0.3 is 9.30 Å². The van der Waals surface area contributed by atoms with E-state index in [0.717, 1.165) is 0 Å². The molecule has 4 nitrogen and oxygen atoms in total. The maximum absolute atomic E-state index is 11.8. The lowest BCUT2D eigenvalue weighted by atomic mass is 9.89. The molecular formula is C11H16N2O2. The Kier molecular flexibility index (Phi) is 1.70. The molecule has 0 aromatic carbocycles. The van der Waals surface area contributed by atoms with Gasteiger partial charge in [0.25, 0.3) is 0 Å². The van der Waals surface area contributed by atoms with E-state index in [-0.39, 0.29) is 12.8 Å². The lowest BCUT2D eigenvalue weighted by Crippen LogP contribution is -2.18. The van der Waals surface area contributed by atoms with E-state index in [0.29, 0.717) is 5.69 Å². The molecule has 0 radical (unpaired) electrons. The van der Waals surface area contributed by atoms with Gasteiger partial charge in [-0.1, -0.05) is 6.92 Å². The van der Waals surface area contributed by atoms with Crippen molar-refractivity contribution in [2.24, 2.45) is 18.8 Å². The topological polar surface area (TPSA) is 44.1 Å². The quantitative estimate of drug-likeness (QED) is 0.706. The smallest absolute Gasteiger partial charge is 0.309 e. The van der Waals surface area contributed by atoms with E-state index in [1.807, 2.05) is 0 Å². The van der Waals surface area contributed by atoms with Gasteiger partial charge in [0.2, 0.25) is 0 Å². The number of hydrogen-bond acceptors (Lipinski definition) is 3. The normalized spacial score (nSPS) is 42.7. The van der Waals surface area contributed by atoms with Crippen molar-refractivity contribution in [3.63, 3.8) is 0 Å². The summed E-state index contributed by atoms with van der Waals surface area (Å²) in [5.41, 5.74) is 0.585. The Labute approximate surface area is 94.9 Å². The second kappa shape index (κ2) is 4.04. The summed E-state index contributed by atoms with van der Waals surface area (Å²) in [4.78, 5) is 15.7. The molecule has 0 saturated carbocycles. The molecule has 0 bridgehead atoms. The van der Waals surface area contributed by atoms with Gasteiger partial charge in [0.15, 0.2) is 0 Å². The van der Waals surface area contributed by atoms with Gasteiger partial charge in [0.05, 0.1) is 21.5 Å². The summed E-state index contributed by atoms with van der Waals surface area (Å²) in [5, 5.41) is 0. The van der Waals surface area contributed by atoms with Crippen LogP contribution in [0.4, 0.5) is 0 Å². The first-order valence-electron chi connectivity index (χ1n) is 6.86. The number of rotatable bonds is 3. The molecule has 0 N–H and O–H groups in total. The van der Waals surface area contributed by atoms with Gasteiger partial charge in [-0.25, -0.2) is 4.98 Å². The van der Waals surface area contributed by atoms with Crippen molar-refractivity contribution in [3.8, 4) is 0 Å². The minimum atomic E-state index is -2.49. The van der Waals surface area contributed by atoms with E-state index < -0.39 is 24.3 Å². The molecular weight excluding hydrogens is 192 g/mol. The highest BCUT2D eigenvalue weighted by atomic mass is 16.5. The molecule has 82 valence electrons. The first-order chi connectivity index (χ1) is 8.68. The molecule has 2 heterocycles. The zero-order valence-corrected chi connectivity index (χ0v) is 8.78. The van der Waals surface area contributed by atoms with E-state index in [1.165, 1.54) is 12.5 Å². The third-order valence-corrected chi connectivity index (χ3v) is 2.51. The third-order valence-electron chi connectivity index (χ3n) is 2.51. The van der Waals surface area contributed by atoms with Gasteiger partial charge in [-0.05, 0) is 12.8 Å². The fraction of sp³-hybridized carbons (Fsp3) is 0.636. The highest BCUT2D eigenvalue weighted by Crippen LogP contribution is 2.27. The van der Waals surface area contributed by atoms with Crippen LogP contribution in [0, 0.1) is 11.8 Å². The van der Waals surface area contributed by atoms with Gasteiger partial charge in [0, 0.05) is 27.6 Å². The van der Waals surface area contributed by atoms with Gasteiger partial charge in [-0.2, -0.15) is 0 Å². The molecule has 1 aliphatic heterocycles. The molecule has 1 aliphatic rings. The number of carbonyl (C=O) groups is 1. The largest absolute Gasteiger partial charge is 0.465 e. The predicted molar refractivity (Wildman–Crippen MR) is 55.1 cm³/mol. The van der Waals surface area contributed by atoms with Crippen molar-refractivity contribution in [1.29, 1.82) is 0 Å². The zero-order chi connectivity index (χ0) is 14.5. The van der Waals surface area contributed by atoms with E-state index >= 15 is 0 Å². The van der Waals surface area contributed by atoms with Gasteiger partial charge in [-0.15, -0.1) is 0 Å². The number of nitrogens with zero attached hydrogens (tertiary/aromatic N) is 2. The summed E-state index contributed by atoms with van der Waals surface area (Å²) < 4.78 is 38.4. The molecule has 1 saturated heterocycles. The molecule has 2 rings (SSSR count). The molecule has 0 spiro atoms. The molecule has 2 atom stereocenters. The molecule has 1 aromatic rings. The maximum Gasteiger partial charge on any atom is 0.309 e. The van der Waals surface area contributed by atoms with Crippen molar-refractivity contribution in [2.75, 3.05) is 6.56 Å². The van der Waals surface area contributed by atoms with Gasteiger partial charge >= 0.3 is 5.97 Å². The van der Waals surface area contributed by atoms with Crippen LogP contribution in [-0.4, -0.2) is 22.1 Å². The number of carbonyl (C=O) groups excluding carboxylic acids is 1. The van der Waals surface area contributed by atoms with Crippen LogP contribution in [0.5, 0.6) is 0 Å². The first kappa shape index (κ1) is 6.30. The van der Waals surface area contributed by atoms with Crippen molar-refractivity contribution >= 4 is 5.97 Å². The zero-order valence-electron chi connectivity index (χ0n) is 12.8. The van der Waals surface area contributed by atoms with Crippen molar-refractivity contribution in [3.05, 3.63) is 18.2 Å². The van der Waals surface area contributed by atoms with E-state index in [9.17, 15) is 4.79 Å². The molecule has 15 heavy (non-hydrogen) atoms. The number of imidazole rings is 1. The van der Waals surface area contributed by atoms with E-state index in [1.54, 1.807) is 18.5 Å². The summed E-state index contributed by atoms with van der Waals surface area (Å²) in [6.45, 7) is -0.908. The van der Waals surface area contributed by atoms with Crippen molar-refractivity contribution in [1.82, 2.24) is 9.55 Å². The minimum absolute atomic E-state index is 0.0205. The lowest BCUT2D eigenvalue weighted by Gasteiger charge is -2.12. The van der Waals surface area contributed by atoms with Crippen molar-refractivity contribution < 1.29 is 15.0 Å². The van der Waals surface area contributed by atoms with Gasteiger partial charge in [-0.3, -0.25) is 4.79 Å². The third kappa shape index (κ3) is 1.89. The second-order valence-electron chi connectivity index (χ2n) is 3.47. The van der Waals surface area contributed by atoms with E-state index in [4.69, 9.17) is 5.48 Å². The number of hydrogen-bond donors (Lipinski definition) is 0. The minimum Gasteiger partial charge on any atom is -0.465 e. The van der Waals surface area contributed by atoms with Crippen LogP contribution in [-0.2, 0) is 23.0 Å². The average Bonchev–Trinajstić information content (AvgIpc) is 2.76. The Morgan fingerprint density at radius 1 is 1.87 bits per heavy atom. The highest BCUT2D eigenvalue weighted by molar-refractivity contribution is 5.74. The number of cyclic esters (lactones) is 1.